The molecule has 27 heavy (non-hydrogen) atoms. The van der Waals surface area contributed by atoms with Crippen molar-refractivity contribution in [2.45, 2.75) is 17.5 Å². The Balaban J connectivity index is 2.00. The summed E-state index contributed by atoms with van der Waals surface area (Å²) in [5.74, 6) is -0.555. The maximum atomic E-state index is 13.0. The smallest absolute Gasteiger partial charge is 0.326 e. The summed E-state index contributed by atoms with van der Waals surface area (Å²) in [6.45, 7) is -0.387. The Morgan fingerprint density at radius 1 is 1.04 bits per heavy atom. The van der Waals surface area contributed by atoms with E-state index in [1.54, 1.807) is 0 Å². The second kappa shape index (κ2) is 8.47. The van der Waals surface area contributed by atoms with Gasteiger partial charge in [0.05, 0.1) is 20.5 Å². The molecule has 0 aliphatic rings. The first kappa shape index (κ1) is 21.5. The van der Waals surface area contributed by atoms with E-state index in [2.05, 4.69) is 5.32 Å². The number of benzene rings is 2. The Hall–Kier alpha value is -1.81. The van der Waals surface area contributed by atoms with Gasteiger partial charge in [-0.25, -0.2) is 13.1 Å². The highest BCUT2D eigenvalue weighted by Crippen LogP contribution is 2.33. The van der Waals surface area contributed by atoms with E-state index < -0.39 is 32.6 Å². The predicted octanol–water partition coefficient (Wildman–Crippen LogP) is 4.32. The van der Waals surface area contributed by atoms with E-state index >= 15 is 0 Å². The molecule has 0 aliphatic heterocycles. The average Bonchev–Trinajstić information content (AvgIpc) is 2.57. The third kappa shape index (κ3) is 5.83. The molecule has 2 aromatic rings. The van der Waals surface area contributed by atoms with E-state index in [0.29, 0.717) is 16.8 Å². The lowest BCUT2D eigenvalue weighted by molar-refractivity contribution is -0.139. The van der Waals surface area contributed by atoms with Crippen molar-refractivity contribution in [1.29, 1.82) is 0 Å². The number of carbonyl (C=O) groups is 1. The highest BCUT2D eigenvalue weighted by Gasteiger charge is 2.36. The quantitative estimate of drug-likeness (QED) is 0.702. The summed E-state index contributed by atoms with van der Waals surface area (Å²) in [6, 6.07) is 8.16. The first-order valence-electron chi connectivity index (χ1n) is 7.41. The van der Waals surface area contributed by atoms with E-state index in [9.17, 15) is 26.4 Å². The van der Waals surface area contributed by atoms with Crippen LogP contribution in [0.4, 0.5) is 18.9 Å². The van der Waals surface area contributed by atoms with E-state index in [1.165, 1.54) is 24.3 Å². The third-order valence-electron chi connectivity index (χ3n) is 3.33. The molecule has 0 heterocycles. The second-order valence-corrected chi connectivity index (χ2v) is 7.87. The molecule has 0 radical (unpaired) electrons. The molecular weight excluding hydrogens is 428 g/mol. The molecule has 1 amide bonds. The minimum absolute atomic E-state index is 0.221. The SMILES string of the molecule is O=C(CCNS(=O)(=O)c1ccccc1C(F)(F)F)Nc1ccc(Cl)c(Cl)c1. The van der Waals surface area contributed by atoms with Crippen LogP contribution in [0.1, 0.15) is 12.0 Å². The molecule has 0 fully saturated rings. The molecule has 0 spiro atoms. The highest BCUT2D eigenvalue weighted by molar-refractivity contribution is 7.89. The van der Waals surface area contributed by atoms with Crippen molar-refractivity contribution in [1.82, 2.24) is 4.72 Å². The zero-order valence-corrected chi connectivity index (χ0v) is 15.8. The maximum Gasteiger partial charge on any atom is 0.417 e. The van der Waals surface area contributed by atoms with Gasteiger partial charge < -0.3 is 5.32 Å². The van der Waals surface area contributed by atoms with Crippen LogP contribution < -0.4 is 10.0 Å². The van der Waals surface area contributed by atoms with Crippen molar-refractivity contribution in [2.75, 3.05) is 11.9 Å². The fourth-order valence-electron chi connectivity index (χ4n) is 2.11. The van der Waals surface area contributed by atoms with Crippen molar-refractivity contribution >= 4 is 44.8 Å². The number of anilines is 1. The van der Waals surface area contributed by atoms with Gasteiger partial charge in [0, 0.05) is 18.7 Å². The van der Waals surface area contributed by atoms with Gasteiger partial charge in [-0.3, -0.25) is 4.79 Å². The molecule has 5 nitrogen and oxygen atoms in total. The standard InChI is InChI=1S/C16H13Cl2F3N2O3S/c17-12-6-5-10(9-13(12)18)23-15(24)7-8-22-27(25,26)14-4-2-1-3-11(14)16(19,20)21/h1-6,9,22H,7-8H2,(H,23,24). The van der Waals surface area contributed by atoms with Crippen LogP contribution in [0.2, 0.25) is 10.0 Å². The first-order chi connectivity index (χ1) is 12.5. The molecule has 2 rings (SSSR count). The lowest BCUT2D eigenvalue weighted by Gasteiger charge is -2.13. The average molecular weight is 441 g/mol. The van der Waals surface area contributed by atoms with Gasteiger partial charge in [0.1, 0.15) is 0 Å². The van der Waals surface area contributed by atoms with Crippen molar-refractivity contribution in [2.24, 2.45) is 0 Å². The van der Waals surface area contributed by atoms with Gasteiger partial charge in [-0.2, -0.15) is 13.2 Å². The number of alkyl halides is 3. The number of carbonyl (C=O) groups excluding carboxylic acids is 1. The summed E-state index contributed by atoms with van der Waals surface area (Å²) in [5, 5.41) is 2.99. The number of hydrogen-bond acceptors (Lipinski definition) is 3. The number of hydrogen-bond donors (Lipinski definition) is 2. The molecule has 0 atom stereocenters. The topological polar surface area (TPSA) is 75.3 Å². The van der Waals surface area contributed by atoms with Gasteiger partial charge in [-0.05, 0) is 30.3 Å². The lowest BCUT2D eigenvalue weighted by atomic mass is 10.2. The van der Waals surface area contributed by atoms with Crippen LogP contribution in [0.5, 0.6) is 0 Å². The van der Waals surface area contributed by atoms with E-state index in [-0.39, 0.29) is 18.0 Å². The lowest BCUT2D eigenvalue weighted by Crippen LogP contribution is -2.29. The monoisotopic (exact) mass is 440 g/mol. The Bertz CT molecular complexity index is 950. The second-order valence-electron chi connectivity index (χ2n) is 5.32. The predicted molar refractivity (Wildman–Crippen MR) is 96.3 cm³/mol. The molecule has 0 saturated carbocycles. The van der Waals surface area contributed by atoms with Crippen LogP contribution in [-0.4, -0.2) is 20.9 Å². The number of amides is 1. The van der Waals surface area contributed by atoms with Crippen LogP contribution in [0, 0.1) is 0 Å². The van der Waals surface area contributed by atoms with Crippen LogP contribution in [0.25, 0.3) is 0 Å². The van der Waals surface area contributed by atoms with Gasteiger partial charge >= 0.3 is 6.18 Å². The number of rotatable bonds is 6. The van der Waals surface area contributed by atoms with E-state index in [4.69, 9.17) is 23.2 Å². The molecule has 0 unspecified atom stereocenters. The van der Waals surface area contributed by atoms with E-state index in [0.717, 1.165) is 12.1 Å². The van der Waals surface area contributed by atoms with Gasteiger partial charge in [0.25, 0.3) is 0 Å². The molecule has 2 aromatic carbocycles. The molecule has 2 N–H and O–H groups in total. The van der Waals surface area contributed by atoms with Gasteiger partial charge in [-0.15, -0.1) is 0 Å². The minimum atomic E-state index is -4.82. The minimum Gasteiger partial charge on any atom is -0.326 e. The number of halogens is 5. The Morgan fingerprint density at radius 2 is 1.70 bits per heavy atom. The molecular formula is C16H13Cl2F3N2O3S. The summed E-state index contributed by atoms with van der Waals surface area (Å²) in [5.41, 5.74) is -0.933. The van der Waals surface area contributed by atoms with Crippen LogP contribution >= 0.6 is 23.2 Å². The Morgan fingerprint density at radius 3 is 2.33 bits per heavy atom. The van der Waals surface area contributed by atoms with Crippen LogP contribution in [-0.2, 0) is 21.0 Å². The molecule has 0 aromatic heterocycles. The Kier molecular flexibility index (Phi) is 6.74. The van der Waals surface area contributed by atoms with E-state index in [1.807, 2.05) is 4.72 Å². The number of nitrogens with one attached hydrogen (secondary N) is 2. The Labute approximate surface area is 163 Å². The molecule has 0 aliphatic carbocycles. The van der Waals surface area contributed by atoms with Crippen molar-refractivity contribution in [3.8, 4) is 0 Å². The fourth-order valence-corrected chi connectivity index (χ4v) is 3.66. The third-order valence-corrected chi connectivity index (χ3v) is 5.59. The van der Waals surface area contributed by atoms with Crippen LogP contribution in [0.15, 0.2) is 47.4 Å². The summed E-state index contributed by atoms with van der Waals surface area (Å²) < 4.78 is 65.2. The maximum absolute atomic E-state index is 13.0. The highest BCUT2D eigenvalue weighted by atomic mass is 35.5. The molecule has 0 saturated heterocycles. The summed E-state index contributed by atoms with van der Waals surface area (Å²) in [6.07, 6.45) is -5.12. The summed E-state index contributed by atoms with van der Waals surface area (Å²) in [4.78, 5) is 11.0. The van der Waals surface area contributed by atoms with Gasteiger partial charge in [0.2, 0.25) is 15.9 Å². The van der Waals surface area contributed by atoms with Crippen molar-refractivity contribution in [3.05, 3.63) is 58.1 Å². The normalized spacial score (nSPS) is 12.0. The molecule has 146 valence electrons. The fraction of sp³-hybridized carbons (Fsp3) is 0.188. The zero-order valence-electron chi connectivity index (χ0n) is 13.5. The van der Waals surface area contributed by atoms with Crippen molar-refractivity contribution < 1.29 is 26.4 Å². The van der Waals surface area contributed by atoms with Crippen LogP contribution in [0.3, 0.4) is 0 Å². The van der Waals surface area contributed by atoms with Crippen molar-refractivity contribution in [3.63, 3.8) is 0 Å². The number of sulfonamides is 1. The summed E-state index contributed by atoms with van der Waals surface area (Å²) >= 11 is 11.6. The summed E-state index contributed by atoms with van der Waals surface area (Å²) in [7, 11) is -4.44. The van der Waals surface area contributed by atoms with Gasteiger partial charge in [0.15, 0.2) is 0 Å². The van der Waals surface area contributed by atoms with Gasteiger partial charge in [-0.1, -0.05) is 35.3 Å². The molecule has 0 bridgehead atoms. The largest absolute Gasteiger partial charge is 0.417 e. The zero-order chi connectivity index (χ0) is 20.2. The first-order valence-corrected chi connectivity index (χ1v) is 9.65. The molecule has 11 heteroatoms.